The van der Waals surface area contributed by atoms with Crippen LogP contribution in [0.4, 0.5) is 16.2 Å². The molecule has 7 nitrogen and oxygen atoms in total. The van der Waals surface area contributed by atoms with E-state index in [1.165, 1.54) is 11.3 Å². The highest BCUT2D eigenvalue weighted by Gasteiger charge is 2.40. The van der Waals surface area contributed by atoms with Crippen molar-refractivity contribution in [1.29, 1.82) is 0 Å². The van der Waals surface area contributed by atoms with E-state index in [4.69, 9.17) is 9.84 Å². The first-order valence-corrected chi connectivity index (χ1v) is 10.9. The second kappa shape index (κ2) is 9.28. The minimum absolute atomic E-state index is 0.333. The third-order valence-corrected chi connectivity index (χ3v) is 6.47. The normalized spacial score (nSPS) is 14.8. The van der Waals surface area contributed by atoms with Gasteiger partial charge in [-0.15, -0.1) is 11.3 Å². The number of carbonyl (C=O) groups excluding carboxylic acids is 1. The fraction of sp³-hybridized carbons (Fsp3) is 0.261. The first kappa shape index (κ1) is 21.0. The number of aliphatic carboxylic acids is 1. The summed E-state index contributed by atoms with van der Waals surface area (Å²) < 4.78 is 5.82. The number of nitrogens with zero attached hydrogens (tertiary/aromatic N) is 1. The second-order valence-electron chi connectivity index (χ2n) is 7.40. The van der Waals surface area contributed by atoms with Crippen molar-refractivity contribution >= 4 is 34.7 Å². The van der Waals surface area contributed by atoms with Crippen molar-refractivity contribution in [2.75, 3.05) is 17.2 Å². The molecule has 1 aliphatic rings. The van der Waals surface area contributed by atoms with E-state index in [2.05, 4.69) is 15.6 Å². The monoisotopic (exact) mass is 437 g/mol. The first-order chi connectivity index (χ1) is 15.1. The molecule has 1 heterocycles. The molecule has 0 atom stereocenters. The number of benzene rings is 2. The number of carbonyl (C=O) groups is 2. The highest BCUT2D eigenvalue weighted by Crippen LogP contribution is 2.45. The number of carboxylic acid groups (broad SMARTS) is 1. The van der Waals surface area contributed by atoms with Crippen molar-refractivity contribution in [3.05, 3.63) is 65.8 Å². The van der Waals surface area contributed by atoms with Gasteiger partial charge >= 0.3 is 12.0 Å². The zero-order chi connectivity index (χ0) is 21.7. The number of nitrogens with one attached hydrogen (secondary N) is 2. The van der Waals surface area contributed by atoms with E-state index in [-0.39, 0.29) is 12.6 Å². The molecule has 1 aromatic heterocycles. The molecular weight excluding hydrogens is 414 g/mol. The number of thiazole rings is 1. The lowest BCUT2D eigenvalue weighted by Gasteiger charge is -2.26. The van der Waals surface area contributed by atoms with Gasteiger partial charge in [0.25, 0.3) is 0 Å². The van der Waals surface area contributed by atoms with Gasteiger partial charge in [-0.3, -0.25) is 0 Å². The number of anilines is 2. The molecule has 0 radical (unpaired) electrons. The summed E-state index contributed by atoms with van der Waals surface area (Å²) in [6.07, 6.45) is 5.23. The molecule has 1 fully saturated rings. The van der Waals surface area contributed by atoms with Gasteiger partial charge in [-0.25, -0.2) is 14.6 Å². The Labute approximate surface area is 184 Å². The maximum Gasteiger partial charge on any atom is 0.329 e. The first-order valence-electron chi connectivity index (χ1n) is 10.1. The van der Waals surface area contributed by atoms with Crippen molar-refractivity contribution in [2.45, 2.75) is 31.3 Å². The Morgan fingerprint density at radius 1 is 1.03 bits per heavy atom. The largest absolute Gasteiger partial charge is 0.480 e. The quantitative estimate of drug-likeness (QED) is 0.464. The summed E-state index contributed by atoms with van der Waals surface area (Å²) in [5, 5.41) is 15.6. The standard InChI is InChI=1S/C23H23N3O4S/c27-20(28)15-30-23(12-6-7-13-23)21-24-14-19(31-21)17-10-4-5-11-18(17)26-22(29)25-16-8-2-1-3-9-16/h1-5,8-11,14H,6-7,12-13,15H2,(H,27,28)(H2,25,26,29). The Bertz CT molecular complexity index is 1060. The lowest BCUT2D eigenvalue weighted by atomic mass is 10.0. The van der Waals surface area contributed by atoms with E-state index in [0.29, 0.717) is 11.4 Å². The van der Waals surface area contributed by atoms with Crippen LogP contribution in [0.25, 0.3) is 10.4 Å². The van der Waals surface area contributed by atoms with Crippen molar-refractivity contribution in [3.8, 4) is 10.4 Å². The Morgan fingerprint density at radius 3 is 2.48 bits per heavy atom. The highest BCUT2D eigenvalue weighted by atomic mass is 32.1. The van der Waals surface area contributed by atoms with E-state index in [1.54, 1.807) is 6.20 Å². The molecular formula is C23H23N3O4S. The summed E-state index contributed by atoms with van der Waals surface area (Å²) in [5.74, 6) is -0.984. The lowest BCUT2D eigenvalue weighted by Crippen LogP contribution is -2.28. The molecule has 0 aliphatic heterocycles. The molecule has 3 aromatic rings. The van der Waals surface area contributed by atoms with Gasteiger partial charge in [0, 0.05) is 17.4 Å². The zero-order valence-corrected chi connectivity index (χ0v) is 17.7. The smallest absolute Gasteiger partial charge is 0.329 e. The molecule has 3 N–H and O–H groups in total. The number of hydrogen-bond donors (Lipinski definition) is 3. The van der Waals surface area contributed by atoms with Crippen LogP contribution in [0.15, 0.2) is 60.8 Å². The zero-order valence-electron chi connectivity index (χ0n) is 16.8. The summed E-state index contributed by atoms with van der Waals surface area (Å²) in [6.45, 7) is -0.341. The molecule has 0 unspecified atom stereocenters. The number of aromatic nitrogens is 1. The third-order valence-electron chi connectivity index (χ3n) is 5.25. The Balaban J connectivity index is 1.55. The maximum atomic E-state index is 12.5. The number of carboxylic acids is 1. The number of amides is 2. The average molecular weight is 438 g/mol. The molecule has 160 valence electrons. The molecule has 2 amide bonds. The fourth-order valence-electron chi connectivity index (χ4n) is 3.79. The second-order valence-corrected chi connectivity index (χ2v) is 8.43. The number of hydrogen-bond acceptors (Lipinski definition) is 5. The van der Waals surface area contributed by atoms with Crippen LogP contribution in [0.1, 0.15) is 30.7 Å². The molecule has 0 spiro atoms. The predicted octanol–water partition coefficient (Wildman–Crippen LogP) is 5.32. The van der Waals surface area contributed by atoms with Crippen molar-refractivity contribution in [3.63, 3.8) is 0 Å². The Morgan fingerprint density at radius 2 is 1.74 bits per heavy atom. The molecule has 8 heteroatoms. The van der Waals surface area contributed by atoms with Crippen LogP contribution in [0, 0.1) is 0 Å². The van der Waals surface area contributed by atoms with Crippen LogP contribution >= 0.6 is 11.3 Å². The molecule has 1 aliphatic carbocycles. The van der Waals surface area contributed by atoms with E-state index in [9.17, 15) is 9.59 Å². The summed E-state index contributed by atoms with van der Waals surface area (Å²) >= 11 is 1.48. The van der Waals surface area contributed by atoms with Gasteiger partial charge in [0.1, 0.15) is 17.2 Å². The molecule has 1 saturated carbocycles. The summed E-state index contributed by atoms with van der Waals surface area (Å²) in [5.41, 5.74) is 1.57. The fourth-order valence-corrected chi connectivity index (χ4v) is 4.94. The Kier molecular flexibility index (Phi) is 6.29. The van der Waals surface area contributed by atoms with Crippen LogP contribution in [-0.2, 0) is 15.1 Å². The van der Waals surface area contributed by atoms with Crippen molar-refractivity contribution < 1.29 is 19.4 Å². The third kappa shape index (κ3) is 4.92. The molecule has 0 bridgehead atoms. The summed E-state index contributed by atoms with van der Waals surface area (Å²) in [4.78, 5) is 29.0. The van der Waals surface area contributed by atoms with E-state index in [1.807, 2.05) is 54.6 Å². The SMILES string of the molecule is O=C(O)COC1(c2ncc(-c3ccccc3NC(=O)Nc3ccccc3)s2)CCCC1. The molecule has 2 aromatic carbocycles. The summed E-state index contributed by atoms with van der Waals surface area (Å²) in [6, 6.07) is 16.4. The molecule has 0 saturated heterocycles. The molecule has 4 rings (SSSR count). The predicted molar refractivity (Wildman–Crippen MR) is 120 cm³/mol. The van der Waals surface area contributed by atoms with Gasteiger partial charge < -0.3 is 20.5 Å². The lowest BCUT2D eigenvalue weighted by molar-refractivity contribution is -0.150. The van der Waals surface area contributed by atoms with Crippen LogP contribution in [0.3, 0.4) is 0 Å². The Hall–Kier alpha value is -3.23. The minimum Gasteiger partial charge on any atom is -0.480 e. The highest BCUT2D eigenvalue weighted by molar-refractivity contribution is 7.15. The van der Waals surface area contributed by atoms with Gasteiger partial charge in [0.2, 0.25) is 0 Å². The van der Waals surface area contributed by atoms with Gasteiger partial charge in [-0.1, -0.05) is 49.2 Å². The number of rotatable bonds is 7. The van der Waals surface area contributed by atoms with Gasteiger partial charge in [-0.2, -0.15) is 0 Å². The van der Waals surface area contributed by atoms with Crippen molar-refractivity contribution in [1.82, 2.24) is 4.98 Å². The number of ether oxygens (including phenoxy) is 1. The van der Waals surface area contributed by atoms with Crippen LogP contribution in [0.2, 0.25) is 0 Å². The van der Waals surface area contributed by atoms with Crippen molar-refractivity contribution in [2.24, 2.45) is 0 Å². The van der Waals surface area contributed by atoms with E-state index >= 15 is 0 Å². The van der Waals surface area contributed by atoms with Crippen LogP contribution in [0.5, 0.6) is 0 Å². The van der Waals surface area contributed by atoms with E-state index < -0.39 is 11.6 Å². The minimum atomic E-state index is -0.984. The van der Waals surface area contributed by atoms with Gasteiger partial charge in [-0.05, 0) is 31.0 Å². The average Bonchev–Trinajstić information content (AvgIpc) is 3.44. The molecule has 31 heavy (non-hydrogen) atoms. The summed E-state index contributed by atoms with van der Waals surface area (Å²) in [7, 11) is 0. The topological polar surface area (TPSA) is 101 Å². The van der Waals surface area contributed by atoms with Crippen LogP contribution < -0.4 is 10.6 Å². The van der Waals surface area contributed by atoms with Gasteiger partial charge in [0.05, 0.1) is 10.6 Å². The number of para-hydroxylation sites is 2. The van der Waals surface area contributed by atoms with E-state index in [0.717, 1.165) is 41.1 Å². The van der Waals surface area contributed by atoms with Gasteiger partial charge in [0.15, 0.2) is 0 Å². The number of urea groups is 1. The van der Waals surface area contributed by atoms with Crippen LogP contribution in [-0.4, -0.2) is 28.7 Å². The maximum absolute atomic E-state index is 12.5.